The second kappa shape index (κ2) is 2.76. The van der Waals surface area contributed by atoms with Crippen molar-refractivity contribution in [2.45, 2.75) is 13.1 Å². The van der Waals surface area contributed by atoms with Crippen LogP contribution in [0.2, 0.25) is 13.1 Å². The average molecular weight is 84.9 g/mol. The summed E-state index contributed by atoms with van der Waals surface area (Å²) in [4.78, 5) is 9.82. The van der Waals surface area contributed by atoms with Crippen molar-refractivity contribution in [3.8, 4) is 0 Å². The molecule has 0 rings (SSSR count). The van der Waals surface area contributed by atoms with Crippen LogP contribution in [0.25, 0.3) is 0 Å². The highest BCUT2D eigenvalue weighted by Gasteiger charge is 1.86. The smallest absolute Gasteiger partial charge is 0.209 e. The molecule has 0 aliphatic carbocycles. The third-order valence-corrected chi connectivity index (χ3v) is 0.496. The summed E-state index contributed by atoms with van der Waals surface area (Å²) in [6.45, 7) is 1.92. The Morgan fingerprint density at radius 1 is 2.00 bits per heavy atom. The summed E-state index contributed by atoms with van der Waals surface area (Å²) in [6, 6.07) is 0. The van der Waals surface area contributed by atoms with Gasteiger partial charge in [0.15, 0.2) is 0 Å². The Balaban J connectivity index is 2.83. The fourth-order valence-corrected chi connectivity index (χ4v) is 0.246. The second-order valence-electron chi connectivity index (χ2n) is 1.22. The van der Waals surface area contributed by atoms with Crippen molar-refractivity contribution in [2.24, 2.45) is 5.73 Å². The van der Waals surface area contributed by atoms with Crippen molar-refractivity contribution in [3.63, 3.8) is 0 Å². The van der Waals surface area contributed by atoms with Gasteiger partial charge in [-0.3, -0.25) is 4.79 Å². The van der Waals surface area contributed by atoms with E-state index in [0.29, 0.717) is 6.32 Å². The van der Waals surface area contributed by atoms with Gasteiger partial charge in [-0.05, 0) is 0 Å². The molecule has 6 heavy (non-hydrogen) atoms. The predicted octanol–water partition coefficient (Wildman–Crippen LogP) is -0.625. The maximum atomic E-state index is 9.82. The normalized spacial score (nSPS) is 7.50. The predicted molar refractivity (Wildman–Crippen MR) is 27.0 cm³/mol. The van der Waals surface area contributed by atoms with Gasteiger partial charge in [0, 0.05) is 6.32 Å². The lowest BCUT2D eigenvalue weighted by Gasteiger charge is -1.79. The third-order valence-electron chi connectivity index (χ3n) is 0.496. The maximum absolute atomic E-state index is 9.82. The molecule has 0 aliphatic rings. The minimum absolute atomic E-state index is 0.211. The molecule has 0 unspecified atom stereocenters. The van der Waals surface area contributed by atoms with Crippen molar-refractivity contribution in [3.05, 3.63) is 0 Å². The summed E-state index contributed by atoms with van der Waals surface area (Å²) in [7, 11) is 0.856. The molecule has 3 heteroatoms. The highest BCUT2D eigenvalue weighted by atomic mass is 16.1. The Morgan fingerprint density at radius 2 is 2.50 bits per heavy atom. The number of amides is 1. The zero-order valence-corrected chi connectivity index (χ0v) is 3.90. The van der Waals surface area contributed by atoms with Crippen LogP contribution < -0.4 is 5.73 Å². The first-order valence-corrected chi connectivity index (χ1v) is 2.05. The third kappa shape index (κ3) is 3.53. The summed E-state index contributed by atoms with van der Waals surface area (Å²) in [5, 5.41) is 0. The van der Waals surface area contributed by atoms with Gasteiger partial charge >= 0.3 is 0 Å². The molecule has 0 atom stereocenters. The SMILES string of the molecule is CBCC(N)=O. The molecule has 2 N–H and O–H groups in total. The quantitative estimate of drug-likeness (QED) is 0.446. The lowest BCUT2D eigenvalue weighted by Crippen LogP contribution is -2.10. The van der Waals surface area contributed by atoms with E-state index in [1.807, 2.05) is 6.82 Å². The highest BCUT2D eigenvalue weighted by molar-refractivity contribution is 6.39. The van der Waals surface area contributed by atoms with Crippen LogP contribution in [0.3, 0.4) is 0 Å². The summed E-state index contributed by atoms with van der Waals surface area (Å²) in [6.07, 6.45) is 0.514. The van der Waals surface area contributed by atoms with Gasteiger partial charge in [0.05, 0.1) is 0 Å². The van der Waals surface area contributed by atoms with Gasteiger partial charge in [-0.1, -0.05) is 6.82 Å². The van der Waals surface area contributed by atoms with Gasteiger partial charge in [-0.25, -0.2) is 0 Å². The Kier molecular flexibility index (Phi) is 2.54. The molecule has 34 valence electrons. The lowest BCUT2D eigenvalue weighted by atomic mass is 9.78. The second-order valence-corrected chi connectivity index (χ2v) is 1.22. The van der Waals surface area contributed by atoms with Crippen molar-refractivity contribution in [1.82, 2.24) is 0 Å². The van der Waals surface area contributed by atoms with Gasteiger partial charge < -0.3 is 5.73 Å². The van der Waals surface area contributed by atoms with Crippen LogP contribution in [0.15, 0.2) is 0 Å². The monoisotopic (exact) mass is 85.1 g/mol. The molecule has 0 fully saturated rings. The molecule has 0 saturated heterocycles. The Hall–Kier alpha value is -0.465. The van der Waals surface area contributed by atoms with Crippen LogP contribution in [0, 0.1) is 0 Å². The van der Waals surface area contributed by atoms with E-state index in [1.54, 1.807) is 0 Å². The van der Waals surface area contributed by atoms with Crippen molar-refractivity contribution < 1.29 is 4.79 Å². The minimum atomic E-state index is -0.211. The Morgan fingerprint density at radius 3 is 2.50 bits per heavy atom. The standard InChI is InChI=1S/C3H8BNO/c1-4-2-3(5)6/h4H,2H2,1H3,(H2,5,6). The maximum Gasteiger partial charge on any atom is 0.209 e. The van der Waals surface area contributed by atoms with Crippen LogP contribution in [0.4, 0.5) is 0 Å². The molecule has 0 heterocycles. The van der Waals surface area contributed by atoms with Crippen molar-refractivity contribution in [1.29, 1.82) is 0 Å². The molecule has 2 nitrogen and oxygen atoms in total. The number of carbonyl (C=O) groups excluding carboxylic acids is 1. The zero-order chi connectivity index (χ0) is 4.99. The first kappa shape index (κ1) is 5.53. The van der Waals surface area contributed by atoms with Gasteiger partial charge in [0.2, 0.25) is 5.91 Å². The molecule has 0 saturated carbocycles. The first-order chi connectivity index (χ1) is 2.77. The van der Waals surface area contributed by atoms with Crippen LogP contribution in [0.5, 0.6) is 0 Å². The van der Waals surface area contributed by atoms with Crippen LogP contribution in [-0.4, -0.2) is 13.2 Å². The van der Waals surface area contributed by atoms with E-state index in [1.165, 1.54) is 0 Å². The van der Waals surface area contributed by atoms with Gasteiger partial charge in [-0.2, -0.15) is 0 Å². The Labute approximate surface area is 38.0 Å². The van der Waals surface area contributed by atoms with Crippen LogP contribution in [0.1, 0.15) is 0 Å². The molecule has 0 aromatic carbocycles. The van der Waals surface area contributed by atoms with E-state index in [-0.39, 0.29) is 5.91 Å². The van der Waals surface area contributed by atoms with Gasteiger partial charge in [0.25, 0.3) is 0 Å². The first-order valence-electron chi connectivity index (χ1n) is 2.05. The zero-order valence-electron chi connectivity index (χ0n) is 3.90. The van der Waals surface area contributed by atoms with Crippen molar-refractivity contribution in [2.75, 3.05) is 0 Å². The molecule has 0 aromatic heterocycles. The van der Waals surface area contributed by atoms with Gasteiger partial charge in [0.1, 0.15) is 7.28 Å². The molecule has 1 amide bonds. The summed E-state index contributed by atoms with van der Waals surface area (Å²) in [5.74, 6) is -0.211. The molecular formula is C3H8BNO. The van der Waals surface area contributed by atoms with E-state index >= 15 is 0 Å². The summed E-state index contributed by atoms with van der Waals surface area (Å²) >= 11 is 0. The molecular weight excluding hydrogens is 76.9 g/mol. The highest BCUT2D eigenvalue weighted by Crippen LogP contribution is 1.69. The number of hydrogen-bond acceptors (Lipinski definition) is 1. The number of carbonyl (C=O) groups is 1. The number of rotatable bonds is 2. The molecule has 0 bridgehead atoms. The van der Waals surface area contributed by atoms with Crippen LogP contribution >= 0.6 is 0 Å². The average Bonchev–Trinajstić information content (AvgIpc) is 1.35. The molecule has 0 aliphatic heterocycles. The van der Waals surface area contributed by atoms with E-state index in [0.717, 1.165) is 7.28 Å². The number of hydrogen-bond donors (Lipinski definition) is 1. The van der Waals surface area contributed by atoms with E-state index < -0.39 is 0 Å². The van der Waals surface area contributed by atoms with E-state index in [4.69, 9.17) is 5.73 Å². The lowest BCUT2D eigenvalue weighted by molar-refractivity contribution is -0.115. The molecule has 0 spiro atoms. The largest absolute Gasteiger partial charge is 0.370 e. The minimum Gasteiger partial charge on any atom is -0.370 e. The number of primary amides is 1. The summed E-state index contributed by atoms with van der Waals surface area (Å²) < 4.78 is 0. The van der Waals surface area contributed by atoms with Crippen LogP contribution in [-0.2, 0) is 4.79 Å². The molecule has 0 radical (unpaired) electrons. The fourth-order valence-electron chi connectivity index (χ4n) is 0.246. The number of nitrogens with two attached hydrogens (primary N) is 1. The molecule has 0 aromatic rings. The topological polar surface area (TPSA) is 43.1 Å². The van der Waals surface area contributed by atoms with E-state index in [9.17, 15) is 4.79 Å². The van der Waals surface area contributed by atoms with Crippen molar-refractivity contribution >= 4 is 13.2 Å². The van der Waals surface area contributed by atoms with E-state index in [2.05, 4.69) is 0 Å². The Bertz CT molecular complexity index is 54.8. The summed E-state index contributed by atoms with van der Waals surface area (Å²) in [5.41, 5.74) is 4.76. The van der Waals surface area contributed by atoms with Gasteiger partial charge in [-0.15, -0.1) is 0 Å². The fraction of sp³-hybridized carbons (Fsp3) is 0.667.